The van der Waals surface area contributed by atoms with E-state index in [2.05, 4.69) is 10.2 Å². The van der Waals surface area contributed by atoms with Crippen LogP contribution < -0.4 is 5.01 Å². The van der Waals surface area contributed by atoms with Gasteiger partial charge in [-0.05, 0) is 43.0 Å². The molecule has 0 spiro atoms. The van der Waals surface area contributed by atoms with Crippen LogP contribution in [0.1, 0.15) is 19.4 Å². The van der Waals surface area contributed by atoms with Crippen molar-refractivity contribution in [1.29, 1.82) is 0 Å². The number of hydrogen-bond donors (Lipinski definition) is 0. The van der Waals surface area contributed by atoms with E-state index in [1.165, 1.54) is 30.6 Å². The molecular formula is C20H15ClN4O2S. The van der Waals surface area contributed by atoms with Gasteiger partial charge in [-0.25, -0.2) is 5.01 Å². The van der Waals surface area contributed by atoms with Gasteiger partial charge in [0, 0.05) is 23.1 Å². The highest BCUT2D eigenvalue weighted by Gasteiger charge is 2.35. The van der Waals surface area contributed by atoms with Crippen molar-refractivity contribution in [3.05, 3.63) is 70.1 Å². The molecule has 0 saturated heterocycles. The maximum atomic E-state index is 12.7. The lowest BCUT2D eigenvalue weighted by Gasteiger charge is -2.32. The number of halogens is 1. The third-order valence-electron chi connectivity index (χ3n) is 4.20. The monoisotopic (exact) mass is 410 g/mol. The van der Waals surface area contributed by atoms with Crippen molar-refractivity contribution in [2.45, 2.75) is 19.0 Å². The number of carbonyl (C=O) groups is 2. The van der Waals surface area contributed by atoms with Crippen molar-refractivity contribution in [1.82, 2.24) is 14.9 Å². The molecule has 0 bridgehead atoms. The van der Waals surface area contributed by atoms with Crippen LogP contribution in [0.25, 0.3) is 17.1 Å². The number of nitrogens with zero attached hydrogens (tertiary/aromatic N) is 4. The summed E-state index contributed by atoms with van der Waals surface area (Å²) in [7, 11) is 0. The molecule has 1 aliphatic heterocycles. The van der Waals surface area contributed by atoms with Crippen LogP contribution in [0, 0.1) is 0 Å². The Labute approximate surface area is 170 Å². The highest BCUT2D eigenvalue weighted by molar-refractivity contribution is 8.04. The van der Waals surface area contributed by atoms with Crippen molar-refractivity contribution in [3.63, 3.8) is 0 Å². The van der Waals surface area contributed by atoms with E-state index >= 15 is 0 Å². The lowest BCUT2D eigenvalue weighted by atomic mass is 10.1. The number of Topliss-reactive ketones (excluding diaryl/α,β-unsaturated/α-hetero) is 1. The van der Waals surface area contributed by atoms with Gasteiger partial charge in [-0.15, -0.1) is 10.2 Å². The van der Waals surface area contributed by atoms with Gasteiger partial charge in [-0.3, -0.25) is 9.59 Å². The zero-order valence-corrected chi connectivity index (χ0v) is 16.7. The first kappa shape index (κ1) is 18.5. The summed E-state index contributed by atoms with van der Waals surface area (Å²) in [5, 5.41) is 11.0. The summed E-state index contributed by atoms with van der Waals surface area (Å²) in [6.07, 6.45) is 0. The molecule has 0 N–H and O–H groups in total. The lowest BCUT2D eigenvalue weighted by molar-refractivity contribution is -0.117. The molecule has 28 heavy (non-hydrogen) atoms. The zero-order chi connectivity index (χ0) is 19.8. The molecule has 8 heteroatoms. The molecular weight excluding hydrogens is 396 g/mol. The number of carbonyl (C=O) groups excluding carboxylic acids is 2. The van der Waals surface area contributed by atoms with Crippen LogP contribution in [-0.4, -0.2) is 26.6 Å². The van der Waals surface area contributed by atoms with E-state index in [4.69, 9.17) is 11.6 Å². The van der Waals surface area contributed by atoms with E-state index in [9.17, 15) is 9.59 Å². The van der Waals surface area contributed by atoms with Crippen LogP contribution in [0.3, 0.4) is 0 Å². The first-order valence-corrected chi connectivity index (χ1v) is 9.67. The van der Waals surface area contributed by atoms with Crippen LogP contribution in [-0.2, 0) is 9.59 Å². The van der Waals surface area contributed by atoms with Crippen LogP contribution in [0.4, 0.5) is 0 Å². The van der Waals surface area contributed by atoms with Gasteiger partial charge in [0.25, 0.3) is 0 Å². The number of allylic oxidation sites excluding steroid dienone is 1. The predicted octanol–water partition coefficient (Wildman–Crippen LogP) is 4.15. The summed E-state index contributed by atoms with van der Waals surface area (Å²) in [5.74, 6) is 0.0944. The summed E-state index contributed by atoms with van der Waals surface area (Å²) in [5.41, 5.74) is 2.04. The number of benzene rings is 2. The molecule has 2 heterocycles. The van der Waals surface area contributed by atoms with E-state index < -0.39 is 0 Å². The van der Waals surface area contributed by atoms with Gasteiger partial charge in [0.15, 0.2) is 11.6 Å². The fourth-order valence-corrected chi connectivity index (χ4v) is 4.10. The third-order valence-corrected chi connectivity index (χ3v) is 5.57. The molecule has 1 aliphatic rings. The number of thioether (sulfide) groups is 1. The molecule has 0 aliphatic carbocycles. The van der Waals surface area contributed by atoms with Crippen molar-refractivity contribution in [2.75, 3.05) is 5.01 Å². The second-order valence-electron chi connectivity index (χ2n) is 6.16. The molecule has 0 radical (unpaired) electrons. The van der Waals surface area contributed by atoms with Gasteiger partial charge in [0.1, 0.15) is 0 Å². The number of ketones is 1. The number of aromatic nitrogens is 3. The summed E-state index contributed by atoms with van der Waals surface area (Å²) >= 11 is 7.20. The number of hydrogen-bond acceptors (Lipinski definition) is 5. The Bertz CT molecular complexity index is 1110. The normalized spacial score (nSPS) is 13.5. The van der Waals surface area contributed by atoms with E-state index in [0.717, 1.165) is 11.1 Å². The second kappa shape index (κ2) is 7.26. The predicted molar refractivity (Wildman–Crippen MR) is 109 cm³/mol. The van der Waals surface area contributed by atoms with E-state index in [1.54, 1.807) is 16.8 Å². The number of amides is 1. The standard InChI is InChI=1S/C20H15ClN4O2S/c1-12(26)18-17(14-6-4-3-5-7-14)24(13(2)27)25-19(22-23-20(25)28-18)15-8-10-16(21)11-9-15/h3-11H,1-2H3. The molecule has 140 valence electrons. The van der Waals surface area contributed by atoms with Crippen LogP contribution >= 0.6 is 23.4 Å². The Balaban J connectivity index is 1.96. The van der Waals surface area contributed by atoms with Crippen molar-refractivity contribution in [3.8, 4) is 11.4 Å². The molecule has 4 rings (SSSR count). The Morgan fingerprint density at radius 3 is 2.21 bits per heavy atom. The molecule has 0 saturated carbocycles. The molecule has 6 nitrogen and oxygen atoms in total. The molecule has 2 aromatic carbocycles. The fraction of sp³-hybridized carbons (Fsp3) is 0.100. The van der Waals surface area contributed by atoms with Crippen LogP contribution in [0.15, 0.2) is 64.7 Å². The van der Waals surface area contributed by atoms with Gasteiger partial charge < -0.3 is 0 Å². The fourth-order valence-electron chi connectivity index (χ4n) is 3.01. The van der Waals surface area contributed by atoms with Gasteiger partial charge in [0.05, 0.1) is 10.6 Å². The zero-order valence-electron chi connectivity index (χ0n) is 15.1. The van der Waals surface area contributed by atoms with Gasteiger partial charge in [0.2, 0.25) is 11.1 Å². The van der Waals surface area contributed by atoms with Gasteiger partial charge in [-0.2, -0.15) is 4.68 Å². The first-order chi connectivity index (χ1) is 13.5. The summed E-state index contributed by atoms with van der Waals surface area (Å²) in [6, 6.07) is 16.5. The number of fused-ring (bicyclic) bond motifs is 1. The maximum Gasteiger partial charge on any atom is 0.243 e. The quantitative estimate of drug-likeness (QED) is 0.648. The Kier molecular flexibility index (Phi) is 4.78. The largest absolute Gasteiger partial charge is 0.294 e. The molecule has 1 aromatic heterocycles. The van der Waals surface area contributed by atoms with E-state index in [-0.39, 0.29) is 11.7 Å². The SMILES string of the molecule is CC(=O)C1=C(c2ccccc2)N(C(C)=O)n2c(nnc2-c2ccc(Cl)cc2)S1. The van der Waals surface area contributed by atoms with Crippen molar-refractivity contribution >= 4 is 40.8 Å². The smallest absolute Gasteiger partial charge is 0.243 e. The van der Waals surface area contributed by atoms with Crippen molar-refractivity contribution < 1.29 is 9.59 Å². The molecule has 0 unspecified atom stereocenters. The lowest BCUT2D eigenvalue weighted by Crippen LogP contribution is -2.41. The average Bonchev–Trinajstić information content (AvgIpc) is 3.11. The van der Waals surface area contributed by atoms with Crippen LogP contribution in [0.5, 0.6) is 0 Å². The Morgan fingerprint density at radius 2 is 1.61 bits per heavy atom. The molecule has 3 aromatic rings. The molecule has 0 atom stereocenters. The topological polar surface area (TPSA) is 68.1 Å². The summed E-state index contributed by atoms with van der Waals surface area (Å²) in [4.78, 5) is 25.6. The van der Waals surface area contributed by atoms with E-state index in [1.807, 2.05) is 42.5 Å². The minimum absolute atomic E-state index is 0.141. The minimum atomic E-state index is -0.255. The number of rotatable bonds is 3. The summed E-state index contributed by atoms with van der Waals surface area (Å²) in [6.45, 7) is 2.93. The Hall–Kier alpha value is -2.90. The van der Waals surface area contributed by atoms with Gasteiger partial charge in [-0.1, -0.05) is 41.9 Å². The maximum absolute atomic E-state index is 12.7. The minimum Gasteiger partial charge on any atom is -0.294 e. The Morgan fingerprint density at radius 1 is 0.929 bits per heavy atom. The highest BCUT2D eigenvalue weighted by Crippen LogP contribution is 2.41. The highest BCUT2D eigenvalue weighted by atomic mass is 35.5. The van der Waals surface area contributed by atoms with Crippen molar-refractivity contribution in [2.24, 2.45) is 0 Å². The molecule has 1 amide bonds. The first-order valence-electron chi connectivity index (χ1n) is 8.48. The van der Waals surface area contributed by atoms with Crippen LogP contribution in [0.2, 0.25) is 5.02 Å². The van der Waals surface area contributed by atoms with Gasteiger partial charge >= 0.3 is 0 Å². The summed E-state index contributed by atoms with van der Waals surface area (Å²) < 4.78 is 1.64. The second-order valence-corrected chi connectivity index (χ2v) is 7.57. The third kappa shape index (κ3) is 3.12. The average molecular weight is 411 g/mol. The van der Waals surface area contributed by atoms with E-state index in [0.29, 0.717) is 26.6 Å². The molecule has 0 fully saturated rings.